The molecule has 7 nitrogen and oxygen atoms in total. The quantitative estimate of drug-likeness (QED) is 0.907. The second-order valence-corrected chi connectivity index (χ2v) is 7.03. The molecule has 8 heteroatoms. The molecule has 1 fully saturated rings. The highest BCUT2D eigenvalue weighted by Gasteiger charge is 2.37. The fourth-order valence-corrected chi connectivity index (χ4v) is 3.12. The Balaban J connectivity index is 1.81. The number of benzene rings is 1. The van der Waals surface area contributed by atoms with Crippen molar-refractivity contribution in [3.8, 4) is 11.6 Å². The second kappa shape index (κ2) is 5.98. The Hall–Kier alpha value is -2.45. The molecule has 1 aliphatic rings. The number of aromatic nitrogens is 1. The summed E-state index contributed by atoms with van der Waals surface area (Å²) in [6.45, 7) is 0.0463. The maximum atomic E-state index is 12.1. The van der Waals surface area contributed by atoms with E-state index in [1.54, 1.807) is 48.7 Å². The molecule has 0 spiro atoms. The van der Waals surface area contributed by atoms with Gasteiger partial charge in [-0.2, -0.15) is 0 Å². The Morgan fingerprint density at radius 3 is 2.70 bits per heavy atom. The van der Waals surface area contributed by atoms with Crippen molar-refractivity contribution in [3.63, 3.8) is 0 Å². The second-order valence-electron chi connectivity index (χ2n) is 5.19. The zero-order chi connectivity index (χ0) is 16.4. The van der Waals surface area contributed by atoms with Crippen LogP contribution in [0.1, 0.15) is 6.42 Å². The van der Waals surface area contributed by atoms with Gasteiger partial charge >= 0.3 is 0 Å². The van der Waals surface area contributed by atoms with Crippen molar-refractivity contribution in [1.82, 2.24) is 4.98 Å². The van der Waals surface area contributed by atoms with Crippen LogP contribution in [0, 0.1) is 0 Å². The number of carbonyl (C=O) groups is 1. The number of hydrogen-bond donors (Lipinski definition) is 1. The number of pyridine rings is 1. The maximum Gasteiger partial charge on any atom is 0.228 e. The summed E-state index contributed by atoms with van der Waals surface area (Å²) in [6.07, 6.45) is 1.50. The van der Waals surface area contributed by atoms with Crippen molar-refractivity contribution < 1.29 is 17.9 Å². The summed E-state index contributed by atoms with van der Waals surface area (Å²) in [5.41, 5.74) is 0.564. The van der Waals surface area contributed by atoms with Crippen LogP contribution < -0.4 is 14.8 Å². The van der Waals surface area contributed by atoms with Crippen LogP contribution in [0.2, 0.25) is 0 Å². The molecule has 1 saturated heterocycles. The van der Waals surface area contributed by atoms with Gasteiger partial charge in [0, 0.05) is 37.0 Å². The van der Waals surface area contributed by atoms with Gasteiger partial charge in [-0.25, -0.2) is 18.5 Å². The summed E-state index contributed by atoms with van der Waals surface area (Å²) < 4.78 is 28.5. The van der Waals surface area contributed by atoms with Crippen LogP contribution in [0.3, 0.4) is 0 Å². The molecule has 2 heterocycles. The molecule has 1 aromatic carbocycles. The number of carbonyl (C=O) groups excluding carboxylic acids is 1. The van der Waals surface area contributed by atoms with Gasteiger partial charge in [0.05, 0.1) is 0 Å². The molecular weight excluding hydrogens is 318 g/mol. The average Bonchev–Trinajstić information content (AvgIpc) is 2.91. The molecule has 0 aliphatic carbocycles. The lowest BCUT2D eigenvalue weighted by molar-refractivity contribution is -0.117. The molecule has 1 aromatic heterocycles. The van der Waals surface area contributed by atoms with Crippen LogP contribution in [0.15, 0.2) is 48.7 Å². The first-order valence-corrected chi connectivity index (χ1v) is 8.55. The number of amides is 1. The molecule has 0 radical (unpaired) electrons. The lowest BCUT2D eigenvalue weighted by Crippen LogP contribution is -2.32. The molecule has 3 rings (SSSR count). The number of hydrogen-bond acceptors (Lipinski definition) is 5. The van der Waals surface area contributed by atoms with Crippen molar-refractivity contribution >= 4 is 21.6 Å². The fourth-order valence-electron chi connectivity index (χ4n) is 2.39. The van der Waals surface area contributed by atoms with E-state index in [0.29, 0.717) is 17.3 Å². The highest BCUT2D eigenvalue weighted by atomic mass is 32.2. The van der Waals surface area contributed by atoms with Gasteiger partial charge in [-0.1, -0.05) is 12.1 Å². The standard InChI is InChI=1S/C15H15N3O4S/c16-23(20,21)13-9-15(19)18(10-13)11-4-3-5-12(8-11)22-14-6-1-2-7-17-14/h1-8,13H,9-10H2,(H2,16,20,21). The summed E-state index contributed by atoms with van der Waals surface area (Å²) in [5.74, 6) is 0.659. The smallest absolute Gasteiger partial charge is 0.228 e. The number of nitrogens with two attached hydrogens (primary N) is 1. The Kier molecular flexibility index (Phi) is 4.01. The zero-order valence-corrected chi connectivity index (χ0v) is 12.9. The lowest BCUT2D eigenvalue weighted by Gasteiger charge is -2.17. The monoisotopic (exact) mass is 333 g/mol. The molecule has 23 heavy (non-hydrogen) atoms. The van der Waals surface area contributed by atoms with Gasteiger partial charge < -0.3 is 9.64 Å². The largest absolute Gasteiger partial charge is 0.439 e. The van der Waals surface area contributed by atoms with Gasteiger partial charge in [0.2, 0.25) is 21.8 Å². The van der Waals surface area contributed by atoms with Gasteiger partial charge in [0.15, 0.2) is 0 Å². The molecule has 2 N–H and O–H groups in total. The molecule has 1 atom stereocenters. The van der Waals surface area contributed by atoms with E-state index in [4.69, 9.17) is 9.88 Å². The predicted octanol–water partition coefficient (Wildman–Crippen LogP) is 1.27. The number of rotatable bonds is 4. The average molecular weight is 333 g/mol. The predicted molar refractivity (Wildman–Crippen MR) is 84.6 cm³/mol. The van der Waals surface area contributed by atoms with Crippen LogP contribution in [-0.2, 0) is 14.8 Å². The molecule has 2 aromatic rings. The van der Waals surface area contributed by atoms with Crippen molar-refractivity contribution in [2.45, 2.75) is 11.7 Å². The SMILES string of the molecule is NS(=O)(=O)C1CC(=O)N(c2cccc(Oc3ccccn3)c2)C1. The third kappa shape index (κ3) is 3.49. The normalized spacial score (nSPS) is 18.2. The number of sulfonamides is 1. The van der Waals surface area contributed by atoms with Gasteiger partial charge in [-0.15, -0.1) is 0 Å². The van der Waals surface area contributed by atoms with E-state index in [1.165, 1.54) is 4.90 Å². The van der Waals surface area contributed by atoms with E-state index >= 15 is 0 Å². The topological polar surface area (TPSA) is 103 Å². The first-order chi connectivity index (χ1) is 10.9. The van der Waals surface area contributed by atoms with E-state index in [9.17, 15) is 13.2 Å². The molecular formula is C15H15N3O4S. The minimum atomic E-state index is -3.74. The summed E-state index contributed by atoms with van der Waals surface area (Å²) in [7, 11) is -3.74. The van der Waals surface area contributed by atoms with Crippen LogP contribution in [0.5, 0.6) is 11.6 Å². The number of ether oxygens (including phenoxy) is 1. The highest BCUT2D eigenvalue weighted by molar-refractivity contribution is 7.89. The van der Waals surface area contributed by atoms with Crippen LogP contribution in [-0.4, -0.2) is 31.1 Å². The Morgan fingerprint density at radius 1 is 1.22 bits per heavy atom. The lowest BCUT2D eigenvalue weighted by atomic mass is 10.3. The number of anilines is 1. The van der Waals surface area contributed by atoms with E-state index < -0.39 is 15.3 Å². The Labute approximate surface area is 133 Å². The van der Waals surface area contributed by atoms with Crippen LogP contribution >= 0.6 is 0 Å². The summed E-state index contributed by atoms with van der Waals surface area (Å²) in [5, 5.41) is 4.26. The van der Waals surface area contributed by atoms with Crippen molar-refractivity contribution in [2.24, 2.45) is 5.14 Å². The summed E-state index contributed by atoms with van der Waals surface area (Å²) in [6, 6.07) is 12.1. The van der Waals surface area contributed by atoms with E-state index in [1.807, 2.05) is 0 Å². The Morgan fingerprint density at radius 2 is 2.04 bits per heavy atom. The van der Waals surface area contributed by atoms with Crippen molar-refractivity contribution in [1.29, 1.82) is 0 Å². The van der Waals surface area contributed by atoms with E-state index in [0.717, 1.165) is 0 Å². The fraction of sp³-hybridized carbons (Fsp3) is 0.200. The van der Waals surface area contributed by atoms with Gasteiger partial charge in [-0.3, -0.25) is 4.79 Å². The molecule has 1 aliphatic heterocycles. The molecule has 120 valence electrons. The molecule has 1 unspecified atom stereocenters. The summed E-state index contributed by atoms with van der Waals surface area (Å²) in [4.78, 5) is 17.5. The Bertz CT molecular complexity index is 824. The summed E-state index contributed by atoms with van der Waals surface area (Å²) >= 11 is 0. The number of nitrogens with zero attached hydrogens (tertiary/aromatic N) is 2. The number of primary sulfonamides is 1. The zero-order valence-electron chi connectivity index (χ0n) is 12.1. The van der Waals surface area contributed by atoms with E-state index in [2.05, 4.69) is 4.98 Å². The third-order valence-corrected chi connectivity index (χ3v) is 4.79. The minimum Gasteiger partial charge on any atom is -0.439 e. The first-order valence-electron chi connectivity index (χ1n) is 6.94. The first kappa shape index (κ1) is 15.4. The molecule has 0 bridgehead atoms. The third-order valence-electron chi connectivity index (χ3n) is 3.54. The molecule has 1 amide bonds. The minimum absolute atomic E-state index is 0.0463. The molecule has 0 saturated carbocycles. The van der Waals surface area contributed by atoms with Gasteiger partial charge in [0.1, 0.15) is 11.0 Å². The van der Waals surface area contributed by atoms with Crippen LogP contribution in [0.4, 0.5) is 5.69 Å². The highest BCUT2D eigenvalue weighted by Crippen LogP contribution is 2.28. The van der Waals surface area contributed by atoms with Gasteiger partial charge in [0.25, 0.3) is 0 Å². The van der Waals surface area contributed by atoms with Crippen LogP contribution in [0.25, 0.3) is 0 Å². The van der Waals surface area contributed by atoms with Crippen molar-refractivity contribution in [3.05, 3.63) is 48.7 Å². The van der Waals surface area contributed by atoms with E-state index in [-0.39, 0.29) is 18.9 Å². The maximum absolute atomic E-state index is 12.1. The van der Waals surface area contributed by atoms with Gasteiger partial charge in [-0.05, 0) is 18.2 Å². The van der Waals surface area contributed by atoms with Crippen molar-refractivity contribution in [2.75, 3.05) is 11.4 Å².